The molecule has 0 aliphatic carbocycles. The number of carboxylic acids is 1. The number of ketones is 1. The van der Waals surface area contributed by atoms with Crippen molar-refractivity contribution < 1.29 is 14.7 Å². The first-order valence-electron chi connectivity index (χ1n) is 5.40. The summed E-state index contributed by atoms with van der Waals surface area (Å²) in [5.41, 5.74) is 2.01. The van der Waals surface area contributed by atoms with Crippen molar-refractivity contribution in [2.24, 2.45) is 0 Å². The van der Waals surface area contributed by atoms with Crippen LogP contribution in [0.15, 0.2) is 24.5 Å². The maximum absolute atomic E-state index is 12.2. The monoisotopic (exact) mass is 244 g/mol. The van der Waals surface area contributed by atoms with Crippen LogP contribution in [0.25, 0.3) is 0 Å². The van der Waals surface area contributed by atoms with Gasteiger partial charge in [0.15, 0.2) is 0 Å². The highest BCUT2D eigenvalue weighted by Gasteiger charge is 2.21. The average Bonchev–Trinajstić information content (AvgIpc) is 2.69. The molecule has 2 aromatic heterocycles. The van der Waals surface area contributed by atoms with E-state index in [1.54, 1.807) is 6.20 Å². The largest absolute Gasteiger partial charge is 0.478 e. The van der Waals surface area contributed by atoms with E-state index < -0.39 is 11.8 Å². The number of nitrogens with zero attached hydrogens (tertiary/aromatic N) is 1. The minimum Gasteiger partial charge on any atom is -0.478 e. The summed E-state index contributed by atoms with van der Waals surface area (Å²) in [6, 6.07) is 2.86. The van der Waals surface area contributed by atoms with Crippen molar-refractivity contribution in [1.29, 1.82) is 0 Å². The lowest BCUT2D eigenvalue weighted by Crippen LogP contribution is -2.13. The van der Waals surface area contributed by atoms with E-state index in [9.17, 15) is 9.59 Å². The van der Waals surface area contributed by atoms with Crippen LogP contribution < -0.4 is 0 Å². The van der Waals surface area contributed by atoms with Crippen molar-refractivity contribution in [2.75, 3.05) is 0 Å². The molecule has 0 bridgehead atoms. The number of aromatic carboxylic acids is 1. The van der Waals surface area contributed by atoms with Gasteiger partial charge in [-0.05, 0) is 37.1 Å². The summed E-state index contributed by atoms with van der Waals surface area (Å²) < 4.78 is 0. The normalized spacial score (nSPS) is 10.3. The fourth-order valence-electron chi connectivity index (χ4n) is 1.71. The van der Waals surface area contributed by atoms with E-state index in [2.05, 4.69) is 9.97 Å². The van der Waals surface area contributed by atoms with Crippen molar-refractivity contribution in [3.05, 3.63) is 52.6 Å². The van der Waals surface area contributed by atoms with Gasteiger partial charge in [-0.1, -0.05) is 0 Å². The Morgan fingerprint density at radius 2 is 2.06 bits per heavy atom. The molecule has 0 aliphatic rings. The van der Waals surface area contributed by atoms with Crippen molar-refractivity contribution in [3.63, 3.8) is 0 Å². The van der Waals surface area contributed by atoms with Crippen LogP contribution in [0.4, 0.5) is 0 Å². The van der Waals surface area contributed by atoms with Gasteiger partial charge in [0.2, 0.25) is 5.78 Å². The molecule has 0 aliphatic heterocycles. The standard InChI is InChI=1S/C13H12N2O3/c1-7-6-15-10(8(7)2)12(16)11-9(13(17)18)4-3-5-14-11/h3-6,15H,1-2H3,(H,17,18). The molecule has 5 nitrogen and oxygen atoms in total. The predicted molar refractivity (Wildman–Crippen MR) is 64.9 cm³/mol. The minimum absolute atomic E-state index is 0.0463. The summed E-state index contributed by atoms with van der Waals surface area (Å²) in [6.45, 7) is 3.68. The van der Waals surface area contributed by atoms with Gasteiger partial charge in [0.1, 0.15) is 5.69 Å². The number of aromatic nitrogens is 2. The summed E-state index contributed by atoms with van der Waals surface area (Å²) in [5, 5.41) is 9.03. The summed E-state index contributed by atoms with van der Waals surface area (Å²) in [7, 11) is 0. The Morgan fingerprint density at radius 3 is 2.61 bits per heavy atom. The first-order valence-corrected chi connectivity index (χ1v) is 5.40. The van der Waals surface area contributed by atoms with E-state index in [4.69, 9.17) is 5.11 Å². The molecule has 0 saturated heterocycles. The Bertz CT molecular complexity index is 629. The molecule has 0 spiro atoms. The van der Waals surface area contributed by atoms with E-state index in [0.29, 0.717) is 5.69 Å². The molecular weight excluding hydrogens is 232 g/mol. The van der Waals surface area contributed by atoms with Gasteiger partial charge in [-0.3, -0.25) is 9.78 Å². The quantitative estimate of drug-likeness (QED) is 0.808. The van der Waals surface area contributed by atoms with Crippen LogP contribution in [0.1, 0.15) is 37.7 Å². The summed E-state index contributed by atoms with van der Waals surface area (Å²) in [5.74, 6) is -1.56. The van der Waals surface area contributed by atoms with E-state index in [0.717, 1.165) is 11.1 Å². The summed E-state index contributed by atoms with van der Waals surface area (Å²) in [6.07, 6.45) is 3.12. The number of aromatic amines is 1. The lowest BCUT2D eigenvalue weighted by atomic mass is 10.0. The maximum atomic E-state index is 12.2. The first-order chi connectivity index (χ1) is 8.52. The van der Waals surface area contributed by atoms with E-state index in [-0.39, 0.29) is 11.3 Å². The number of aryl methyl sites for hydroxylation is 1. The Kier molecular flexibility index (Phi) is 2.97. The summed E-state index contributed by atoms with van der Waals surface area (Å²) in [4.78, 5) is 30.0. The van der Waals surface area contributed by atoms with Gasteiger partial charge in [-0.2, -0.15) is 0 Å². The lowest BCUT2D eigenvalue weighted by Gasteiger charge is -2.03. The number of carboxylic acid groups (broad SMARTS) is 1. The number of hydrogen-bond donors (Lipinski definition) is 2. The third-order valence-electron chi connectivity index (χ3n) is 2.88. The second-order valence-corrected chi connectivity index (χ2v) is 4.01. The van der Waals surface area contributed by atoms with Crippen LogP contribution in [0.5, 0.6) is 0 Å². The highest BCUT2D eigenvalue weighted by molar-refractivity contribution is 6.12. The van der Waals surface area contributed by atoms with Crippen molar-refractivity contribution in [2.45, 2.75) is 13.8 Å². The smallest absolute Gasteiger partial charge is 0.338 e. The molecule has 0 fully saturated rings. The first kappa shape index (κ1) is 12.0. The van der Waals surface area contributed by atoms with Crippen LogP contribution in [0, 0.1) is 13.8 Å². The molecule has 0 amide bonds. The zero-order chi connectivity index (χ0) is 13.3. The molecule has 0 saturated carbocycles. The molecular formula is C13H12N2O3. The molecule has 92 valence electrons. The molecule has 0 radical (unpaired) electrons. The van der Waals surface area contributed by atoms with Crippen molar-refractivity contribution in [3.8, 4) is 0 Å². The Labute approximate surface area is 103 Å². The van der Waals surface area contributed by atoms with Gasteiger partial charge in [-0.25, -0.2) is 4.79 Å². The number of carbonyl (C=O) groups is 2. The third-order valence-corrected chi connectivity index (χ3v) is 2.88. The Balaban J connectivity index is 2.53. The molecule has 2 aromatic rings. The van der Waals surface area contributed by atoms with Crippen LogP contribution in [0.3, 0.4) is 0 Å². The zero-order valence-corrected chi connectivity index (χ0v) is 10.0. The molecule has 0 atom stereocenters. The second kappa shape index (κ2) is 4.44. The topological polar surface area (TPSA) is 83.0 Å². The van der Waals surface area contributed by atoms with E-state index in [1.165, 1.54) is 18.3 Å². The molecule has 2 heterocycles. The molecule has 2 rings (SSSR count). The number of nitrogens with one attached hydrogen (secondary N) is 1. The minimum atomic E-state index is -1.16. The van der Waals surface area contributed by atoms with E-state index >= 15 is 0 Å². The van der Waals surface area contributed by atoms with Gasteiger partial charge >= 0.3 is 5.97 Å². The third kappa shape index (κ3) is 1.90. The van der Waals surface area contributed by atoms with Crippen LogP contribution in [-0.2, 0) is 0 Å². The van der Waals surface area contributed by atoms with Crippen molar-refractivity contribution >= 4 is 11.8 Å². The zero-order valence-electron chi connectivity index (χ0n) is 10.0. The number of hydrogen-bond acceptors (Lipinski definition) is 3. The molecule has 0 aromatic carbocycles. The van der Waals surface area contributed by atoms with Gasteiger partial charge < -0.3 is 10.1 Å². The molecule has 0 unspecified atom stereocenters. The van der Waals surface area contributed by atoms with Gasteiger partial charge in [-0.15, -0.1) is 0 Å². The number of carbonyl (C=O) groups excluding carboxylic acids is 1. The maximum Gasteiger partial charge on any atom is 0.338 e. The second-order valence-electron chi connectivity index (χ2n) is 4.01. The molecule has 5 heteroatoms. The van der Waals surface area contributed by atoms with Crippen molar-refractivity contribution in [1.82, 2.24) is 9.97 Å². The SMILES string of the molecule is Cc1c[nH]c(C(=O)c2ncccc2C(=O)O)c1C. The highest BCUT2D eigenvalue weighted by atomic mass is 16.4. The fraction of sp³-hybridized carbons (Fsp3) is 0.154. The molecule has 18 heavy (non-hydrogen) atoms. The highest BCUT2D eigenvalue weighted by Crippen LogP contribution is 2.17. The van der Waals surface area contributed by atoms with Gasteiger partial charge in [0.25, 0.3) is 0 Å². The van der Waals surface area contributed by atoms with Gasteiger partial charge in [0, 0.05) is 12.4 Å². The van der Waals surface area contributed by atoms with Crippen LogP contribution >= 0.6 is 0 Å². The molecule has 2 N–H and O–H groups in total. The fourth-order valence-corrected chi connectivity index (χ4v) is 1.71. The lowest BCUT2D eigenvalue weighted by molar-refractivity contribution is 0.0692. The van der Waals surface area contributed by atoms with Crippen LogP contribution in [-0.4, -0.2) is 26.8 Å². The van der Waals surface area contributed by atoms with E-state index in [1.807, 2.05) is 13.8 Å². The number of pyridine rings is 1. The summed E-state index contributed by atoms with van der Waals surface area (Å²) >= 11 is 0. The average molecular weight is 244 g/mol. The van der Waals surface area contributed by atoms with Gasteiger partial charge in [0.05, 0.1) is 11.3 Å². The Morgan fingerprint density at radius 1 is 1.33 bits per heavy atom. The Hall–Kier alpha value is -2.43. The van der Waals surface area contributed by atoms with Crippen LogP contribution in [0.2, 0.25) is 0 Å². The predicted octanol–water partition coefficient (Wildman–Crippen LogP) is 1.96. The number of H-pyrrole nitrogens is 1. The number of rotatable bonds is 3.